The molecule has 0 atom stereocenters. The van der Waals surface area contributed by atoms with Crippen molar-refractivity contribution in [3.05, 3.63) is 52.5 Å². The van der Waals surface area contributed by atoms with Crippen LogP contribution in [0.5, 0.6) is 0 Å². The molecule has 0 bridgehead atoms. The maximum absolute atomic E-state index is 13.9. The Labute approximate surface area is 261 Å². The fourth-order valence-corrected chi connectivity index (χ4v) is 8.09. The van der Waals surface area contributed by atoms with Gasteiger partial charge in [-0.2, -0.15) is 4.31 Å². The minimum Gasteiger partial charge on any atom is -0.450 e. The molecular formula is C29H36ClN5O6S2. The molecule has 2 saturated heterocycles. The first kappa shape index (κ1) is 31.6. The van der Waals surface area contributed by atoms with E-state index < -0.39 is 16.1 Å². The van der Waals surface area contributed by atoms with Crippen molar-refractivity contribution in [2.75, 3.05) is 77.1 Å². The first-order valence-electron chi connectivity index (χ1n) is 14.4. The van der Waals surface area contributed by atoms with Crippen molar-refractivity contribution in [2.45, 2.75) is 25.2 Å². The highest BCUT2D eigenvalue weighted by Crippen LogP contribution is 2.34. The maximum Gasteiger partial charge on any atom is 0.409 e. The summed E-state index contributed by atoms with van der Waals surface area (Å²) in [6.07, 6.45) is 0.300. The molecule has 0 saturated carbocycles. The molecule has 232 valence electrons. The molecule has 14 heteroatoms. The average Bonchev–Trinajstić information content (AvgIpc) is 3.44. The van der Waals surface area contributed by atoms with Gasteiger partial charge in [-0.3, -0.25) is 14.6 Å². The van der Waals surface area contributed by atoms with Crippen molar-refractivity contribution in [1.29, 1.82) is 0 Å². The van der Waals surface area contributed by atoms with Crippen LogP contribution in [0.25, 0.3) is 10.2 Å². The van der Waals surface area contributed by atoms with Crippen LogP contribution < -0.4 is 4.90 Å². The highest BCUT2D eigenvalue weighted by Gasteiger charge is 2.31. The minimum atomic E-state index is -3.80. The topological polar surface area (TPSA) is 113 Å². The van der Waals surface area contributed by atoms with Gasteiger partial charge in [0.25, 0.3) is 5.91 Å². The molecule has 43 heavy (non-hydrogen) atoms. The molecule has 0 spiro atoms. The first-order valence-corrected chi connectivity index (χ1v) is 17.0. The molecule has 0 radical (unpaired) electrons. The number of benzene rings is 2. The number of carbonyl (C=O) groups is 2. The van der Waals surface area contributed by atoms with E-state index in [1.165, 1.54) is 32.7 Å². The number of ether oxygens (including phenoxy) is 2. The van der Waals surface area contributed by atoms with E-state index in [1.54, 1.807) is 24.0 Å². The van der Waals surface area contributed by atoms with Crippen molar-refractivity contribution in [1.82, 2.24) is 19.1 Å². The molecule has 0 N–H and O–H groups in total. The van der Waals surface area contributed by atoms with Crippen LogP contribution in [-0.4, -0.2) is 112 Å². The molecule has 2 amide bonds. The summed E-state index contributed by atoms with van der Waals surface area (Å²) >= 11 is 7.70. The molecule has 0 unspecified atom stereocenters. The van der Waals surface area contributed by atoms with Crippen LogP contribution in [-0.2, 0) is 19.5 Å². The van der Waals surface area contributed by atoms with Crippen LogP contribution in [0, 0.1) is 6.92 Å². The van der Waals surface area contributed by atoms with Crippen molar-refractivity contribution >= 4 is 60.3 Å². The molecule has 11 nitrogen and oxygen atoms in total. The second-order valence-corrected chi connectivity index (χ2v) is 13.8. The van der Waals surface area contributed by atoms with Crippen molar-refractivity contribution in [2.24, 2.45) is 0 Å². The van der Waals surface area contributed by atoms with Crippen LogP contribution in [0.2, 0.25) is 5.02 Å². The van der Waals surface area contributed by atoms with Gasteiger partial charge >= 0.3 is 6.09 Å². The number of rotatable bonds is 9. The van der Waals surface area contributed by atoms with E-state index in [1.807, 2.05) is 19.1 Å². The number of sulfonamides is 1. The number of halogens is 1. The number of morpholine rings is 1. The third-order valence-corrected chi connectivity index (χ3v) is 10.7. The minimum absolute atomic E-state index is 0.0951. The number of nitrogens with zero attached hydrogens (tertiary/aromatic N) is 5. The zero-order valence-electron chi connectivity index (χ0n) is 24.3. The standard InChI is InChI=1S/C29H36ClN5O6S2/c1-3-41-29(37)33-11-13-34(14-12-33)43(38,39)24-7-5-22(6-8-24)27(36)35(10-4-9-32-15-17-40-18-16-32)28-31-26-21(2)19-23(30)20-25(26)42-28/h5-8,19-20H,3-4,9-18H2,1-2H3. The van der Waals surface area contributed by atoms with E-state index in [-0.39, 0.29) is 43.6 Å². The maximum atomic E-state index is 13.9. The summed E-state index contributed by atoms with van der Waals surface area (Å²) in [6.45, 7) is 9.18. The summed E-state index contributed by atoms with van der Waals surface area (Å²) in [5, 5.41) is 1.19. The lowest BCUT2D eigenvalue weighted by Crippen LogP contribution is -2.50. The second-order valence-electron chi connectivity index (χ2n) is 10.4. The van der Waals surface area contributed by atoms with Crippen LogP contribution >= 0.6 is 22.9 Å². The van der Waals surface area contributed by atoms with Gasteiger partial charge in [-0.15, -0.1) is 0 Å². The molecule has 0 aliphatic carbocycles. The first-order chi connectivity index (χ1) is 20.7. The molecule has 1 aromatic heterocycles. The number of aryl methyl sites for hydroxylation is 1. The molecule has 2 aliphatic heterocycles. The van der Waals surface area contributed by atoms with Crippen LogP contribution in [0.15, 0.2) is 41.3 Å². The Morgan fingerprint density at radius 3 is 2.44 bits per heavy atom. The smallest absolute Gasteiger partial charge is 0.409 e. The van der Waals surface area contributed by atoms with Crippen molar-refractivity contribution < 1.29 is 27.5 Å². The van der Waals surface area contributed by atoms with Gasteiger partial charge in [-0.1, -0.05) is 22.9 Å². The van der Waals surface area contributed by atoms with Gasteiger partial charge in [0.15, 0.2) is 5.13 Å². The van der Waals surface area contributed by atoms with Crippen molar-refractivity contribution in [3.8, 4) is 0 Å². The lowest BCUT2D eigenvalue weighted by molar-refractivity contribution is 0.0376. The predicted molar refractivity (Wildman–Crippen MR) is 167 cm³/mol. The van der Waals surface area contributed by atoms with Gasteiger partial charge in [0.05, 0.1) is 34.9 Å². The van der Waals surface area contributed by atoms with E-state index in [9.17, 15) is 18.0 Å². The lowest BCUT2D eigenvalue weighted by Gasteiger charge is -2.33. The van der Waals surface area contributed by atoms with E-state index in [4.69, 9.17) is 26.1 Å². The summed E-state index contributed by atoms with van der Waals surface area (Å²) in [5.74, 6) is -0.253. The fraction of sp³-hybridized carbons (Fsp3) is 0.483. The van der Waals surface area contributed by atoms with Gasteiger partial charge in [0.1, 0.15) is 0 Å². The molecule has 5 rings (SSSR count). The summed E-state index contributed by atoms with van der Waals surface area (Å²) in [6, 6.07) is 9.74. The van der Waals surface area contributed by atoms with Crippen molar-refractivity contribution in [3.63, 3.8) is 0 Å². The Kier molecular flexibility index (Phi) is 10.2. The van der Waals surface area contributed by atoms with Gasteiger partial charge in [0.2, 0.25) is 10.0 Å². The summed E-state index contributed by atoms with van der Waals surface area (Å²) in [7, 11) is -3.80. The number of carbonyl (C=O) groups excluding carboxylic acids is 2. The third-order valence-electron chi connectivity index (χ3n) is 7.58. The molecular weight excluding hydrogens is 614 g/mol. The van der Waals surface area contributed by atoms with Crippen LogP contribution in [0.1, 0.15) is 29.3 Å². The summed E-state index contributed by atoms with van der Waals surface area (Å²) < 4.78 is 39.4. The Morgan fingerprint density at radius 1 is 1.07 bits per heavy atom. The number of thiazole rings is 1. The number of hydrogen-bond acceptors (Lipinski definition) is 9. The number of fused-ring (bicyclic) bond motifs is 1. The molecule has 3 aromatic rings. The van der Waals surface area contributed by atoms with Gasteiger partial charge in [-0.25, -0.2) is 18.2 Å². The number of hydrogen-bond donors (Lipinski definition) is 0. The van der Waals surface area contributed by atoms with Crippen LogP contribution in [0.4, 0.5) is 9.93 Å². The largest absolute Gasteiger partial charge is 0.450 e. The third kappa shape index (κ3) is 7.30. The quantitative estimate of drug-likeness (QED) is 0.341. The number of amides is 2. The Hall–Kier alpha value is -2.81. The number of aromatic nitrogens is 1. The number of piperazine rings is 1. The highest BCUT2D eigenvalue weighted by atomic mass is 35.5. The molecule has 3 heterocycles. The lowest BCUT2D eigenvalue weighted by atomic mass is 10.2. The average molecular weight is 650 g/mol. The van der Waals surface area contributed by atoms with E-state index >= 15 is 0 Å². The summed E-state index contributed by atoms with van der Waals surface area (Å²) in [4.78, 5) is 36.3. The Bertz CT molecular complexity index is 1550. The molecule has 2 aliphatic rings. The zero-order chi connectivity index (χ0) is 30.6. The fourth-order valence-electron chi connectivity index (χ4n) is 5.22. The molecule has 2 fully saturated rings. The van der Waals surface area contributed by atoms with E-state index in [0.29, 0.717) is 35.5 Å². The Morgan fingerprint density at radius 2 is 1.77 bits per heavy atom. The summed E-state index contributed by atoms with van der Waals surface area (Å²) in [5.41, 5.74) is 2.11. The Balaban J connectivity index is 1.33. The van der Waals surface area contributed by atoms with E-state index in [0.717, 1.165) is 41.8 Å². The second kappa shape index (κ2) is 13.9. The highest BCUT2D eigenvalue weighted by molar-refractivity contribution is 7.89. The molecule has 2 aromatic carbocycles. The van der Waals surface area contributed by atoms with Gasteiger partial charge in [-0.05, 0) is 62.2 Å². The van der Waals surface area contributed by atoms with Gasteiger partial charge in [0, 0.05) is 62.9 Å². The number of anilines is 1. The SMILES string of the molecule is CCOC(=O)N1CCN(S(=O)(=O)c2ccc(C(=O)N(CCCN3CCOCC3)c3nc4c(C)cc(Cl)cc4s3)cc2)CC1. The normalized spacial score (nSPS) is 16.9. The van der Waals surface area contributed by atoms with Crippen LogP contribution in [0.3, 0.4) is 0 Å². The monoisotopic (exact) mass is 649 g/mol. The zero-order valence-corrected chi connectivity index (χ0v) is 26.7. The predicted octanol–water partition coefficient (Wildman–Crippen LogP) is 4.09. The van der Waals surface area contributed by atoms with Gasteiger partial charge < -0.3 is 14.4 Å². The van der Waals surface area contributed by atoms with E-state index in [2.05, 4.69) is 4.90 Å².